The van der Waals surface area contributed by atoms with Crippen molar-refractivity contribution in [2.45, 2.75) is 51.8 Å². The van der Waals surface area contributed by atoms with Crippen molar-refractivity contribution in [1.82, 2.24) is 0 Å². The summed E-state index contributed by atoms with van der Waals surface area (Å²) in [7, 11) is 1.82. The van der Waals surface area contributed by atoms with Crippen LogP contribution in [0.25, 0.3) is 11.1 Å². The number of benzene rings is 2. The quantitative estimate of drug-likeness (QED) is 0.643. The molecule has 2 aromatic rings. The van der Waals surface area contributed by atoms with Gasteiger partial charge >= 0.3 is 0 Å². The molecule has 0 aromatic heterocycles. The summed E-state index contributed by atoms with van der Waals surface area (Å²) >= 11 is 6.31. The molecule has 0 radical (unpaired) electrons. The maximum absolute atomic E-state index is 9.40. The molecule has 2 N–H and O–H groups in total. The van der Waals surface area contributed by atoms with Gasteiger partial charge in [0.25, 0.3) is 0 Å². The third-order valence-corrected chi connectivity index (χ3v) is 8.13. The minimum Gasteiger partial charge on any atom is -0.382 e. The summed E-state index contributed by atoms with van der Waals surface area (Å²) in [6, 6.07) is 14.2. The van der Waals surface area contributed by atoms with Gasteiger partial charge in [-0.25, -0.2) is 4.99 Å². The van der Waals surface area contributed by atoms with E-state index in [1.165, 1.54) is 5.56 Å². The van der Waals surface area contributed by atoms with E-state index in [0.29, 0.717) is 28.3 Å². The van der Waals surface area contributed by atoms with Gasteiger partial charge in [-0.15, -0.1) is 0 Å². The fourth-order valence-electron chi connectivity index (χ4n) is 6.77. The molecular formula is C27H29ClN4O. The molecule has 0 amide bonds. The number of ether oxygens (including phenoxy) is 1. The van der Waals surface area contributed by atoms with Crippen molar-refractivity contribution in [3.63, 3.8) is 0 Å². The van der Waals surface area contributed by atoms with Gasteiger partial charge in [-0.2, -0.15) is 5.26 Å². The van der Waals surface area contributed by atoms with Gasteiger partial charge in [0.05, 0.1) is 23.4 Å². The van der Waals surface area contributed by atoms with Gasteiger partial charge in [-0.3, -0.25) is 4.99 Å². The number of halogens is 1. The maximum atomic E-state index is 9.40. The number of hydrogen-bond acceptors (Lipinski definition) is 5. The van der Waals surface area contributed by atoms with Crippen LogP contribution >= 0.6 is 11.6 Å². The van der Waals surface area contributed by atoms with Crippen molar-refractivity contribution < 1.29 is 4.74 Å². The topological polar surface area (TPSA) is 83.8 Å². The monoisotopic (exact) mass is 460 g/mol. The Morgan fingerprint density at radius 2 is 1.82 bits per heavy atom. The van der Waals surface area contributed by atoms with Gasteiger partial charge < -0.3 is 10.5 Å². The van der Waals surface area contributed by atoms with E-state index in [0.717, 1.165) is 41.7 Å². The van der Waals surface area contributed by atoms with Crippen LogP contribution in [-0.2, 0) is 16.8 Å². The number of hydrogen-bond donors (Lipinski definition) is 1. The molecule has 0 unspecified atom stereocenters. The summed E-state index contributed by atoms with van der Waals surface area (Å²) in [6.07, 6.45) is 3.10. The number of nitrogens with two attached hydrogens (primary N) is 1. The van der Waals surface area contributed by atoms with E-state index in [-0.39, 0.29) is 11.5 Å². The Bertz CT molecular complexity index is 1210. The first-order valence-corrected chi connectivity index (χ1v) is 11.9. The third-order valence-electron chi connectivity index (χ3n) is 7.92. The van der Waals surface area contributed by atoms with E-state index in [1.807, 2.05) is 26.2 Å². The molecule has 3 aliphatic rings. The van der Waals surface area contributed by atoms with Crippen LogP contribution in [0.5, 0.6) is 0 Å². The molecule has 1 saturated carbocycles. The first kappa shape index (κ1) is 22.1. The largest absolute Gasteiger partial charge is 0.382 e. The van der Waals surface area contributed by atoms with Crippen molar-refractivity contribution >= 4 is 23.1 Å². The zero-order valence-corrected chi connectivity index (χ0v) is 20.3. The Labute approximate surface area is 200 Å². The molecule has 2 spiro atoms. The predicted molar refractivity (Wildman–Crippen MR) is 133 cm³/mol. The van der Waals surface area contributed by atoms with Gasteiger partial charge in [-0.1, -0.05) is 37.6 Å². The van der Waals surface area contributed by atoms with Crippen LogP contribution in [-0.4, -0.2) is 24.8 Å². The molecule has 170 valence electrons. The van der Waals surface area contributed by atoms with Gasteiger partial charge in [0.2, 0.25) is 0 Å². The summed E-state index contributed by atoms with van der Waals surface area (Å²) in [5.41, 5.74) is 11.1. The van der Waals surface area contributed by atoms with Crippen LogP contribution in [0.4, 0.5) is 0 Å². The summed E-state index contributed by atoms with van der Waals surface area (Å²) in [6.45, 7) is 6.51. The fourth-order valence-corrected chi connectivity index (χ4v) is 7.00. The van der Waals surface area contributed by atoms with Crippen molar-refractivity contribution in [3.05, 3.63) is 58.1 Å². The number of nitriles is 1. The minimum atomic E-state index is -0.718. The normalized spacial score (nSPS) is 32.5. The number of amidine groups is 1. The summed E-state index contributed by atoms with van der Waals surface area (Å²) in [5.74, 6) is 1.31. The molecule has 0 saturated heterocycles. The van der Waals surface area contributed by atoms with Crippen molar-refractivity contribution in [3.8, 4) is 17.2 Å². The Morgan fingerprint density at radius 3 is 2.42 bits per heavy atom. The highest BCUT2D eigenvalue weighted by atomic mass is 35.5. The molecule has 2 aliphatic carbocycles. The van der Waals surface area contributed by atoms with Gasteiger partial charge in [-0.05, 0) is 79.0 Å². The highest BCUT2D eigenvalue weighted by Crippen LogP contribution is 2.63. The number of methoxy groups -OCH3 is 1. The Balaban J connectivity index is 1.68. The van der Waals surface area contributed by atoms with Crippen LogP contribution in [0.1, 0.15) is 50.3 Å². The second-order valence-electron chi connectivity index (χ2n) is 10.1. The van der Waals surface area contributed by atoms with E-state index in [4.69, 9.17) is 32.1 Å². The number of rotatable bonds is 2. The highest BCUT2D eigenvalue weighted by Gasteiger charge is 2.62. The standard InChI is InChI=1S/C27H29ClN4O/c1-15-11-26(12-16(2)24(15)33-4)13-20-6-5-19(21-7-18(14-29)8-22(28)9-21)10-23(20)27(26)31-17(3)25(30)32-27/h5-10,15-16,24H,11-13H2,1-4H3,(H2,30,32)/t15-,16+,24+,26+,27-/m0/s1. The van der Waals surface area contributed by atoms with Crippen LogP contribution in [0, 0.1) is 28.6 Å². The zero-order chi connectivity index (χ0) is 23.5. The Morgan fingerprint density at radius 1 is 1.09 bits per heavy atom. The molecular weight excluding hydrogens is 432 g/mol. The molecule has 0 bridgehead atoms. The van der Waals surface area contributed by atoms with E-state index < -0.39 is 5.66 Å². The molecule has 6 heteroatoms. The molecule has 33 heavy (non-hydrogen) atoms. The average Bonchev–Trinajstić information content (AvgIpc) is 3.20. The number of aliphatic imine (C=N–C) groups is 2. The van der Waals surface area contributed by atoms with Gasteiger partial charge in [0, 0.05) is 23.1 Å². The molecule has 1 heterocycles. The summed E-state index contributed by atoms with van der Waals surface area (Å²) < 4.78 is 5.86. The lowest BCUT2D eigenvalue weighted by Crippen LogP contribution is -2.49. The zero-order valence-electron chi connectivity index (χ0n) is 19.5. The molecule has 1 aliphatic heterocycles. The number of fused-ring (bicyclic) bond motifs is 3. The fraction of sp³-hybridized carbons (Fsp3) is 0.444. The first-order chi connectivity index (χ1) is 15.7. The molecule has 5 nitrogen and oxygen atoms in total. The maximum Gasteiger partial charge on any atom is 0.184 e. The Kier molecular flexibility index (Phi) is 5.15. The third kappa shape index (κ3) is 3.23. The van der Waals surface area contributed by atoms with Crippen LogP contribution < -0.4 is 5.73 Å². The predicted octanol–water partition coefficient (Wildman–Crippen LogP) is 5.49. The van der Waals surface area contributed by atoms with E-state index in [9.17, 15) is 5.26 Å². The molecule has 1 fully saturated rings. The van der Waals surface area contributed by atoms with Gasteiger partial charge in [0.15, 0.2) is 5.66 Å². The molecule has 5 rings (SSSR count). The summed E-state index contributed by atoms with van der Waals surface area (Å²) in [5, 5.41) is 9.95. The van der Waals surface area contributed by atoms with E-state index in [2.05, 4.69) is 38.1 Å². The molecule has 5 atom stereocenters. The summed E-state index contributed by atoms with van der Waals surface area (Å²) in [4.78, 5) is 10.3. The van der Waals surface area contributed by atoms with E-state index >= 15 is 0 Å². The second kappa shape index (κ2) is 7.68. The minimum absolute atomic E-state index is 0.143. The lowest BCUT2D eigenvalue weighted by atomic mass is 9.59. The lowest BCUT2D eigenvalue weighted by molar-refractivity contribution is -0.0729. The molecule has 2 aromatic carbocycles. The first-order valence-electron chi connectivity index (χ1n) is 11.5. The lowest BCUT2D eigenvalue weighted by Gasteiger charge is -2.49. The van der Waals surface area contributed by atoms with Gasteiger partial charge in [0.1, 0.15) is 5.84 Å². The highest BCUT2D eigenvalue weighted by molar-refractivity contribution is 6.41. The smallest absolute Gasteiger partial charge is 0.184 e. The Hall–Kier alpha value is -2.68. The van der Waals surface area contributed by atoms with Crippen LogP contribution in [0.2, 0.25) is 5.02 Å². The van der Waals surface area contributed by atoms with Crippen molar-refractivity contribution in [2.24, 2.45) is 33.0 Å². The van der Waals surface area contributed by atoms with Crippen LogP contribution in [0.3, 0.4) is 0 Å². The second-order valence-corrected chi connectivity index (χ2v) is 10.5. The van der Waals surface area contributed by atoms with Crippen molar-refractivity contribution in [1.29, 1.82) is 5.26 Å². The SMILES string of the molecule is CO[C@H]1[C@H](C)C[C@@]2(Cc3ccc(-c4cc(Cl)cc(C#N)c4)cc3[C@@]23N=C(C)C(N)=N3)C[C@@H]1C. The van der Waals surface area contributed by atoms with Crippen molar-refractivity contribution in [2.75, 3.05) is 7.11 Å². The average molecular weight is 461 g/mol. The number of nitrogens with zero attached hydrogens (tertiary/aromatic N) is 3. The van der Waals surface area contributed by atoms with Crippen LogP contribution in [0.15, 0.2) is 46.4 Å². The van der Waals surface area contributed by atoms with E-state index in [1.54, 1.807) is 6.07 Å².